The van der Waals surface area contributed by atoms with E-state index in [0.717, 1.165) is 53.5 Å². The molecule has 0 unspecified atom stereocenters. The molecule has 2 aromatic carbocycles. The third-order valence-electron chi connectivity index (χ3n) is 5.38. The van der Waals surface area contributed by atoms with Crippen molar-refractivity contribution in [2.75, 3.05) is 0 Å². The van der Waals surface area contributed by atoms with Crippen LogP contribution >= 0.6 is 23.2 Å². The monoisotopic (exact) mass is 381 g/mol. The third-order valence-corrected chi connectivity index (χ3v) is 5.96. The van der Waals surface area contributed by atoms with Gasteiger partial charge in [0.1, 0.15) is 0 Å². The lowest BCUT2D eigenvalue weighted by atomic mass is 9.95. The minimum Gasteiger partial charge on any atom is -0.228 e. The van der Waals surface area contributed by atoms with Gasteiger partial charge in [-0.3, -0.25) is 0 Å². The molecule has 0 radical (unpaired) electrons. The van der Waals surface area contributed by atoms with E-state index in [1.165, 1.54) is 5.56 Å². The van der Waals surface area contributed by atoms with Gasteiger partial charge in [-0.25, -0.2) is 4.98 Å². The molecule has 0 bridgehead atoms. The van der Waals surface area contributed by atoms with Crippen LogP contribution in [0.4, 0.5) is 0 Å². The second-order valence-corrected chi connectivity index (χ2v) is 8.06. The minimum atomic E-state index is -0.143. The summed E-state index contributed by atoms with van der Waals surface area (Å²) in [6, 6.07) is 15.9. The van der Waals surface area contributed by atoms with Crippen LogP contribution in [0.2, 0.25) is 10.0 Å². The van der Waals surface area contributed by atoms with Crippen molar-refractivity contribution in [3.05, 3.63) is 75.7 Å². The van der Waals surface area contributed by atoms with Crippen molar-refractivity contribution < 1.29 is 0 Å². The Morgan fingerprint density at radius 1 is 0.885 bits per heavy atom. The number of benzene rings is 2. The Hall–Kier alpha value is -1.97. The predicted octanol–water partition coefficient (Wildman–Crippen LogP) is 5.80. The Bertz CT molecular complexity index is 977. The Morgan fingerprint density at radius 2 is 1.62 bits per heavy atom. The topological polar surface area (TPSA) is 38.7 Å². The van der Waals surface area contributed by atoms with Crippen LogP contribution in [0.1, 0.15) is 48.7 Å². The van der Waals surface area contributed by atoms with Gasteiger partial charge in [0, 0.05) is 16.5 Å². The first-order chi connectivity index (χ1) is 12.7. The van der Waals surface area contributed by atoms with Gasteiger partial charge in [0.25, 0.3) is 0 Å². The van der Waals surface area contributed by atoms with Crippen molar-refractivity contribution >= 4 is 23.2 Å². The quantitative estimate of drug-likeness (QED) is 0.572. The van der Waals surface area contributed by atoms with Gasteiger partial charge in [0.05, 0.1) is 21.8 Å². The maximum atomic E-state index is 6.47. The fourth-order valence-corrected chi connectivity index (χ4v) is 3.91. The maximum absolute atomic E-state index is 6.47. The summed E-state index contributed by atoms with van der Waals surface area (Å²) in [5.74, 6) is 1.25. The molecule has 5 rings (SSSR count). The molecule has 2 aliphatic rings. The molecule has 5 heteroatoms. The Labute approximate surface area is 162 Å². The molecule has 1 aromatic heterocycles. The zero-order valence-corrected chi connectivity index (χ0v) is 15.6. The largest absolute Gasteiger partial charge is 0.228 e. The summed E-state index contributed by atoms with van der Waals surface area (Å²) in [5, 5.41) is 10.6. The van der Waals surface area contributed by atoms with Gasteiger partial charge in [-0.15, -0.1) is 5.10 Å². The fourth-order valence-electron chi connectivity index (χ4n) is 3.56. The van der Waals surface area contributed by atoms with Crippen molar-refractivity contribution in [2.45, 2.75) is 37.0 Å². The van der Waals surface area contributed by atoms with Gasteiger partial charge >= 0.3 is 0 Å². The fraction of sp³-hybridized carbons (Fsp3) is 0.286. The molecule has 1 heterocycles. The number of rotatable bonds is 4. The number of hydrogen-bond acceptors (Lipinski definition) is 3. The lowest BCUT2D eigenvalue weighted by Crippen LogP contribution is -2.16. The second kappa shape index (κ2) is 6.04. The second-order valence-electron chi connectivity index (χ2n) is 7.21. The summed E-state index contributed by atoms with van der Waals surface area (Å²) in [6.07, 6.45) is 4.35. The van der Waals surface area contributed by atoms with Crippen molar-refractivity contribution in [2.24, 2.45) is 0 Å². The molecule has 2 saturated carbocycles. The van der Waals surface area contributed by atoms with Crippen LogP contribution < -0.4 is 0 Å². The predicted molar refractivity (Wildman–Crippen MR) is 104 cm³/mol. The zero-order chi connectivity index (χ0) is 17.7. The molecule has 0 saturated heterocycles. The number of hydrogen-bond donors (Lipinski definition) is 0. The highest BCUT2D eigenvalue weighted by atomic mass is 35.5. The molecule has 0 spiro atoms. The van der Waals surface area contributed by atoms with Gasteiger partial charge < -0.3 is 0 Å². The van der Waals surface area contributed by atoms with Crippen LogP contribution in [0, 0.1) is 0 Å². The summed E-state index contributed by atoms with van der Waals surface area (Å²) in [5.41, 5.74) is 3.87. The summed E-state index contributed by atoms with van der Waals surface area (Å²) < 4.78 is 0. The molecule has 0 amide bonds. The van der Waals surface area contributed by atoms with E-state index in [4.69, 9.17) is 28.2 Å². The van der Waals surface area contributed by atoms with Gasteiger partial charge in [0.15, 0.2) is 5.82 Å². The first-order valence-corrected chi connectivity index (χ1v) is 9.69. The zero-order valence-electron chi connectivity index (χ0n) is 14.1. The molecule has 130 valence electrons. The van der Waals surface area contributed by atoms with E-state index in [-0.39, 0.29) is 5.41 Å². The van der Waals surface area contributed by atoms with E-state index in [1.54, 1.807) is 0 Å². The average molecular weight is 382 g/mol. The van der Waals surface area contributed by atoms with Crippen LogP contribution in [0.15, 0.2) is 48.5 Å². The first-order valence-electron chi connectivity index (χ1n) is 8.93. The Kier molecular flexibility index (Phi) is 3.77. The highest BCUT2D eigenvalue weighted by Crippen LogP contribution is 2.53. The molecule has 2 aliphatic carbocycles. The lowest BCUT2D eigenvalue weighted by molar-refractivity contribution is 0.704. The van der Waals surface area contributed by atoms with E-state index in [0.29, 0.717) is 10.9 Å². The normalized spacial score (nSPS) is 17.9. The van der Waals surface area contributed by atoms with Crippen molar-refractivity contribution in [1.82, 2.24) is 15.2 Å². The molecule has 0 aliphatic heterocycles. The maximum Gasteiger partial charge on any atom is 0.162 e. The van der Waals surface area contributed by atoms with E-state index in [9.17, 15) is 0 Å². The number of nitrogens with zero attached hydrogens (tertiary/aromatic N) is 3. The average Bonchev–Trinajstić information content (AvgIpc) is 3.56. The molecule has 0 N–H and O–H groups in total. The Balaban J connectivity index is 1.64. The lowest BCUT2D eigenvalue weighted by Gasteiger charge is -2.16. The summed E-state index contributed by atoms with van der Waals surface area (Å²) >= 11 is 12.5. The molecule has 3 nitrogen and oxygen atoms in total. The molecular formula is C21H17Cl2N3. The van der Waals surface area contributed by atoms with E-state index < -0.39 is 0 Å². The van der Waals surface area contributed by atoms with E-state index in [2.05, 4.69) is 22.3 Å². The molecule has 26 heavy (non-hydrogen) atoms. The van der Waals surface area contributed by atoms with Crippen molar-refractivity contribution in [1.29, 1.82) is 0 Å². The van der Waals surface area contributed by atoms with Gasteiger partial charge in [0.2, 0.25) is 0 Å². The molecule has 3 aromatic rings. The SMILES string of the molecule is Clc1ccc(C2(c3nnc(C4CC4)c(-c4ccccc4Cl)n3)CC2)cc1. The van der Waals surface area contributed by atoms with Crippen LogP contribution in [-0.4, -0.2) is 15.2 Å². The summed E-state index contributed by atoms with van der Waals surface area (Å²) in [7, 11) is 0. The van der Waals surface area contributed by atoms with Crippen molar-refractivity contribution in [3.63, 3.8) is 0 Å². The number of aromatic nitrogens is 3. The Morgan fingerprint density at radius 3 is 2.27 bits per heavy atom. The standard InChI is InChI=1S/C21H17Cl2N3/c22-15-9-7-14(8-10-15)21(11-12-21)20-24-19(16-3-1-2-4-17(16)23)18(25-26-20)13-5-6-13/h1-4,7-10,13H,5-6,11-12H2. The first kappa shape index (κ1) is 16.2. The van der Waals surface area contributed by atoms with Crippen LogP contribution in [0.5, 0.6) is 0 Å². The molecule has 2 fully saturated rings. The highest BCUT2D eigenvalue weighted by molar-refractivity contribution is 6.33. The molecular weight excluding hydrogens is 365 g/mol. The van der Waals surface area contributed by atoms with Crippen LogP contribution in [0.3, 0.4) is 0 Å². The van der Waals surface area contributed by atoms with Crippen LogP contribution in [-0.2, 0) is 5.41 Å². The van der Waals surface area contributed by atoms with E-state index >= 15 is 0 Å². The summed E-state index contributed by atoms with van der Waals surface area (Å²) in [6.45, 7) is 0. The molecule has 0 atom stereocenters. The highest BCUT2D eigenvalue weighted by Gasteiger charge is 2.49. The van der Waals surface area contributed by atoms with Gasteiger partial charge in [-0.2, -0.15) is 5.10 Å². The summed E-state index contributed by atoms with van der Waals surface area (Å²) in [4.78, 5) is 5.01. The minimum absolute atomic E-state index is 0.143. The van der Waals surface area contributed by atoms with Crippen molar-refractivity contribution in [3.8, 4) is 11.3 Å². The van der Waals surface area contributed by atoms with Gasteiger partial charge in [-0.1, -0.05) is 53.5 Å². The van der Waals surface area contributed by atoms with Gasteiger partial charge in [-0.05, 0) is 49.4 Å². The third kappa shape index (κ3) is 2.70. The van der Waals surface area contributed by atoms with E-state index in [1.807, 2.05) is 36.4 Å². The van der Waals surface area contributed by atoms with Crippen LogP contribution in [0.25, 0.3) is 11.3 Å². The smallest absolute Gasteiger partial charge is 0.162 e. The number of halogens is 2.